The lowest BCUT2D eigenvalue weighted by Gasteiger charge is -2.38. The standard InChI is InChI=1S/C19H23ClN4O/c1-14-4-3-5-17(20)18(14)22(2)19(25)24-12-10-23(11-13-24)16-8-6-15(21)7-9-16/h3-9H,10-13,21H2,1-2H3. The summed E-state index contributed by atoms with van der Waals surface area (Å²) in [6.07, 6.45) is 0. The molecule has 1 fully saturated rings. The number of carbonyl (C=O) groups is 1. The van der Waals surface area contributed by atoms with Gasteiger partial charge >= 0.3 is 6.03 Å². The number of halogens is 1. The molecular weight excluding hydrogens is 336 g/mol. The zero-order chi connectivity index (χ0) is 18.0. The normalized spacial score (nSPS) is 14.5. The Labute approximate surface area is 153 Å². The van der Waals surface area contributed by atoms with Crippen LogP contribution in [0.3, 0.4) is 0 Å². The molecule has 25 heavy (non-hydrogen) atoms. The Balaban J connectivity index is 1.66. The molecule has 0 atom stereocenters. The molecule has 3 rings (SSSR count). The van der Waals surface area contributed by atoms with Crippen LogP contribution >= 0.6 is 11.6 Å². The van der Waals surface area contributed by atoms with Crippen molar-refractivity contribution < 1.29 is 4.79 Å². The summed E-state index contributed by atoms with van der Waals surface area (Å²) in [6, 6.07) is 13.5. The first-order valence-electron chi connectivity index (χ1n) is 8.35. The first-order valence-corrected chi connectivity index (χ1v) is 8.73. The van der Waals surface area contributed by atoms with Crippen molar-refractivity contribution in [3.63, 3.8) is 0 Å². The van der Waals surface area contributed by atoms with E-state index in [2.05, 4.69) is 4.90 Å². The Hall–Kier alpha value is -2.40. The number of nitrogens with zero attached hydrogens (tertiary/aromatic N) is 3. The summed E-state index contributed by atoms with van der Waals surface area (Å²) in [5.41, 5.74) is 9.40. The number of piperazine rings is 1. The highest BCUT2D eigenvalue weighted by molar-refractivity contribution is 6.34. The number of hydrogen-bond donors (Lipinski definition) is 1. The van der Waals surface area contributed by atoms with Gasteiger partial charge < -0.3 is 15.5 Å². The van der Waals surface area contributed by atoms with E-state index in [4.69, 9.17) is 17.3 Å². The van der Waals surface area contributed by atoms with Gasteiger partial charge in [-0.3, -0.25) is 4.90 Å². The monoisotopic (exact) mass is 358 g/mol. The van der Waals surface area contributed by atoms with Crippen LogP contribution in [-0.2, 0) is 0 Å². The van der Waals surface area contributed by atoms with Crippen molar-refractivity contribution in [1.29, 1.82) is 0 Å². The van der Waals surface area contributed by atoms with Crippen LogP contribution in [0.25, 0.3) is 0 Å². The summed E-state index contributed by atoms with van der Waals surface area (Å²) in [5.74, 6) is 0. The molecule has 1 saturated heterocycles. The van der Waals surface area contributed by atoms with Crippen LogP contribution in [0.2, 0.25) is 5.02 Å². The Kier molecular flexibility index (Phi) is 5.04. The Morgan fingerprint density at radius 3 is 2.32 bits per heavy atom. The van der Waals surface area contributed by atoms with E-state index in [1.165, 1.54) is 0 Å². The number of hydrogen-bond acceptors (Lipinski definition) is 3. The third kappa shape index (κ3) is 3.66. The van der Waals surface area contributed by atoms with Gasteiger partial charge in [-0.25, -0.2) is 4.79 Å². The quantitative estimate of drug-likeness (QED) is 0.834. The van der Waals surface area contributed by atoms with Gasteiger partial charge in [0, 0.05) is 44.6 Å². The van der Waals surface area contributed by atoms with Crippen molar-refractivity contribution in [2.24, 2.45) is 0 Å². The minimum Gasteiger partial charge on any atom is -0.399 e. The molecule has 0 radical (unpaired) electrons. The topological polar surface area (TPSA) is 52.8 Å². The molecule has 0 unspecified atom stereocenters. The molecule has 0 spiro atoms. The van der Waals surface area contributed by atoms with Crippen LogP contribution in [-0.4, -0.2) is 44.2 Å². The van der Waals surface area contributed by atoms with E-state index < -0.39 is 0 Å². The van der Waals surface area contributed by atoms with E-state index in [1.807, 2.05) is 54.3 Å². The van der Waals surface area contributed by atoms with E-state index in [1.54, 1.807) is 11.9 Å². The number of benzene rings is 2. The number of urea groups is 1. The second kappa shape index (κ2) is 7.23. The highest BCUT2D eigenvalue weighted by Gasteiger charge is 2.25. The van der Waals surface area contributed by atoms with E-state index >= 15 is 0 Å². The molecular formula is C19H23ClN4O. The van der Waals surface area contributed by atoms with Crippen LogP contribution in [0.5, 0.6) is 0 Å². The number of rotatable bonds is 2. The molecule has 2 amide bonds. The summed E-state index contributed by atoms with van der Waals surface area (Å²) in [6.45, 7) is 4.91. The van der Waals surface area contributed by atoms with Crippen molar-refractivity contribution in [2.75, 3.05) is 48.8 Å². The van der Waals surface area contributed by atoms with Crippen molar-refractivity contribution in [2.45, 2.75) is 6.92 Å². The van der Waals surface area contributed by atoms with Crippen LogP contribution in [0, 0.1) is 6.92 Å². The summed E-state index contributed by atoms with van der Waals surface area (Å²) >= 11 is 6.29. The van der Waals surface area contributed by atoms with Crippen LogP contribution in [0.1, 0.15) is 5.56 Å². The van der Waals surface area contributed by atoms with Crippen molar-refractivity contribution in [3.05, 3.63) is 53.1 Å². The number of nitrogen functional groups attached to an aromatic ring is 1. The fraction of sp³-hybridized carbons (Fsp3) is 0.316. The van der Waals surface area contributed by atoms with E-state index in [9.17, 15) is 4.79 Å². The number of carbonyl (C=O) groups excluding carboxylic acids is 1. The SMILES string of the molecule is Cc1cccc(Cl)c1N(C)C(=O)N1CCN(c2ccc(N)cc2)CC1. The van der Waals surface area contributed by atoms with E-state index in [0.717, 1.165) is 35.7 Å². The van der Waals surface area contributed by atoms with Crippen LogP contribution in [0.15, 0.2) is 42.5 Å². The van der Waals surface area contributed by atoms with Gasteiger partial charge in [0.1, 0.15) is 0 Å². The molecule has 132 valence electrons. The van der Waals surface area contributed by atoms with Gasteiger partial charge in [-0.2, -0.15) is 0 Å². The molecule has 2 aromatic rings. The Bertz CT molecular complexity index is 734. The van der Waals surface area contributed by atoms with Gasteiger partial charge in [-0.15, -0.1) is 0 Å². The Morgan fingerprint density at radius 1 is 1.08 bits per heavy atom. The molecule has 2 aromatic carbocycles. The van der Waals surface area contributed by atoms with Crippen LogP contribution < -0.4 is 15.5 Å². The predicted molar refractivity (Wildman–Crippen MR) is 105 cm³/mol. The highest BCUT2D eigenvalue weighted by Crippen LogP contribution is 2.29. The van der Waals surface area contributed by atoms with E-state index in [0.29, 0.717) is 18.1 Å². The lowest BCUT2D eigenvalue weighted by molar-refractivity contribution is 0.202. The van der Waals surface area contributed by atoms with Gasteiger partial charge in [0.05, 0.1) is 10.7 Å². The van der Waals surface area contributed by atoms with Gasteiger partial charge in [-0.1, -0.05) is 23.7 Å². The predicted octanol–water partition coefficient (Wildman–Crippen LogP) is 3.61. The molecule has 0 saturated carbocycles. The number of nitrogens with two attached hydrogens (primary N) is 1. The molecule has 5 nitrogen and oxygen atoms in total. The lowest BCUT2D eigenvalue weighted by Crippen LogP contribution is -2.52. The number of para-hydroxylation sites is 1. The fourth-order valence-corrected chi connectivity index (χ4v) is 3.55. The minimum absolute atomic E-state index is 0.0202. The number of aryl methyl sites for hydroxylation is 1. The summed E-state index contributed by atoms with van der Waals surface area (Å²) < 4.78 is 0. The maximum atomic E-state index is 12.8. The first-order chi connectivity index (χ1) is 12.0. The van der Waals surface area contributed by atoms with Crippen molar-refractivity contribution in [1.82, 2.24) is 4.90 Å². The third-order valence-electron chi connectivity index (χ3n) is 4.62. The fourth-order valence-electron chi connectivity index (χ4n) is 3.20. The zero-order valence-electron chi connectivity index (χ0n) is 14.6. The number of amides is 2. The second-order valence-corrected chi connectivity index (χ2v) is 6.72. The van der Waals surface area contributed by atoms with Crippen molar-refractivity contribution in [3.8, 4) is 0 Å². The summed E-state index contributed by atoms with van der Waals surface area (Å²) in [5, 5.41) is 0.594. The number of anilines is 3. The van der Waals surface area contributed by atoms with Crippen molar-refractivity contribution >= 4 is 34.7 Å². The summed E-state index contributed by atoms with van der Waals surface area (Å²) in [7, 11) is 1.78. The third-order valence-corrected chi connectivity index (χ3v) is 4.92. The largest absolute Gasteiger partial charge is 0.399 e. The molecule has 0 aromatic heterocycles. The van der Waals surface area contributed by atoms with E-state index in [-0.39, 0.29) is 6.03 Å². The van der Waals surface area contributed by atoms with Gasteiger partial charge in [0.25, 0.3) is 0 Å². The van der Waals surface area contributed by atoms with Gasteiger partial charge in [0.15, 0.2) is 0 Å². The molecule has 6 heteroatoms. The molecule has 1 heterocycles. The summed E-state index contributed by atoms with van der Waals surface area (Å²) in [4.78, 5) is 18.6. The average molecular weight is 359 g/mol. The maximum Gasteiger partial charge on any atom is 0.324 e. The Morgan fingerprint density at radius 2 is 1.72 bits per heavy atom. The molecule has 1 aliphatic rings. The smallest absolute Gasteiger partial charge is 0.324 e. The van der Waals surface area contributed by atoms with Gasteiger partial charge in [0.2, 0.25) is 0 Å². The molecule has 2 N–H and O–H groups in total. The average Bonchev–Trinajstić information content (AvgIpc) is 2.61. The zero-order valence-corrected chi connectivity index (χ0v) is 15.3. The molecule has 0 bridgehead atoms. The minimum atomic E-state index is -0.0202. The first kappa shape index (κ1) is 17.4. The van der Waals surface area contributed by atoms with Crippen LogP contribution in [0.4, 0.5) is 21.9 Å². The molecule has 0 aliphatic carbocycles. The maximum absolute atomic E-state index is 12.8. The highest BCUT2D eigenvalue weighted by atomic mass is 35.5. The van der Waals surface area contributed by atoms with Gasteiger partial charge in [-0.05, 0) is 42.8 Å². The lowest BCUT2D eigenvalue weighted by atomic mass is 10.2. The second-order valence-electron chi connectivity index (χ2n) is 6.31. The molecule has 1 aliphatic heterocycles.